The van der Waals surface area contributed by atoms with Gasteiger partial charge in [-0.1, -0.05) is 6.07 Å². The van der Waals surface area contributed by atoms with Gasteiger partial charge >= 0.3 is 12.3 Å². The summed E-state index contributed by atoms with van der Waals surface area (Å²) in [6.07, 6.45) is 1.20. The van der Waals surface area contributed by atoms with Gasteiger partial charge in [0.2, 0.25) is 5.91 Å². The number of nitriles is 1. The summed E-state index contributed by atoms with van der Waals surface area (Å²) in [6, 6.07) is 9.19. The summed E-state index contributed by atoms with van der Waals surface area (Å²) in [5, 5.41) is 12.0. The quantitative estimate of drug-likeness (QED) is 0.382. The molecule has 0 aliphatic carbocycles. The summed E-state index contributed by atoms with van der Waals surface area (Å²) in [5.41, 5.74) is -0.300. The highest BCUT2D eigenvalue weighted by Crippen LogP contribution is 2.35. The van der Waals surface area contributed by atoms with Gasteiger partial charge in [-0.15, -0.1) is 0 Å². The number of likely N-dealkylation sites (tertiary alicyclic amines) is 1. The molecule has 1 N–H and O–H groups in total. The molecule has 0 unspecified atom stereocenters. The maximum atomic E-state index is 13.4. The second-order valence-corrected chi connectivity index (χ2v) is 14.4. The molecule has 1 aromatic heterocycles. The zero-order chi connectivity index (χ0) is 35.2. The minimum Gasteiger partial charge on any atom is -0.444 e. The maximum Gasteiger partial charge on any atom is 0.417 e. The number of nitrogens with zero attached hydrogens (tertiary/aromatic N) is 6. The predicted molar refractivity (Wildman–Crippen MR) is 181 cm³/mol. The number of ether oxygens (including phenoxy) is 1. The first-order valence-corrected chi connectivity index (χ1v) is 17.3. The van der Waals surface area contributed by atoms with Crippen LogP contribution in [-0.4, -0.2) is 103 Å². The molecule has 0 saturated carbocycles. The van der Waals surface area contributed by atoms with Crippen LogP contribution in [0.5, 0.6) is 0 Å². The number of carbonyl (C=O) groups excluding carboxylic acids is 2. The van der Waals surface area contributed by atoms with E-state index in [1.54, 1.807) is 6.07 Å². The lowest BCUT2D eigenvalue weighted by Gasteiger charge is -2.39. The Morgan fingerprint density at radius 2 is 1.63 bits per heavy atom. The molecular weight excluding hydrogens is 635 g/mol. The minimum atomic E-state index is -4.61. The third-order valence-electron chi connectivity index (χ3n) is 9.70. The summed E-state index contributed by atoms with van der Waals surface area (Å²) in [5.74, 6) is 0.761. The Morgan fingerprint density at radius 1 is 0.939 bits per heavy atom. The first kappa shape index (κ1) is 36.4. The number of halogens is 3. The molecule has 49 heavy (non-hydrogen) atoms. The second kappa shape index (κ2) is 15.8. The zero-order valence-electron chi connectivity index (χ0n) is 28.8. The SMILES string of the molecule is CC(C)(C)OC(=O)N1CCN(CC2CCN(CCc3ccc(NC(=O)C4CCN(c5ccc(C#N)c(C(F)(F)F)c5)CC4)nc3)CC2)CC1. The molecule has 2 amide bonds. The van der Waals surface area contributed by atoms with Crippen molar-refractivity contribution in [2.75, 3.05) is 75.7 Å². The highest BCUT2D eigenvalue weighted by Gasteiger charge is 2.35. The van der Waals surface area contributed by atoms with E-state index in [2.05, 4.69) is 20.1 Å². The fraction of sp³-hybridized carbons (Fsp3) is 0.611. The molecule has 3 saturated heterocycles. The number of carbonyl (C=O) groups is 2. The first-order chi connectivity index (χ1) is 23.3. The van der Waals surface area contributed by atoms with Crippen LogP contribution in [0.1, 0.15) is 63.1 Å². The molecule has 0 spiro atoms. The van der Waals surface area contributed by atoms with E-state index in [1.807, 2.05) is 48.9 Å². The van der Waals surface area contributed by atoms with E-state index in [-0.39, 0.29) is 17.9 Å². The van der Waals surface area contributed by atoms with Gasteiger partial charge in [0, 0.05) is 70.2 Å². The highest BCUT2D eigenvalue weighted by atomic mass is 19.4. The van der Waals surface area contributed by atoms with Gasteiger partial charge in [-0.2, -0.15) is 18.4 Å². The Kier molecular flexibility index (Phi) is 11.7. The van der Waals surface area contributed by atoms with Crippen molar-refractivity contribution >= 4 is 23.5 Å². The summed E-state index contributed by atoms with van der Waals surface area (Å²) in [4.78, 5) is 38.4. The number of aromatic nitrogens is 1. The number of alkyl halides is 3. The van der Waals surface area contributed by atoms with Gasteiger partial charge in [0.1, 0.15) is 11.4 Å². The number of anilines is 2. The van der Waals surface area contributed by atoms with Gasteiger partial charge in [0.05, 0.1) is 17.2 Å². The molecule has 0 atom stereocenters. The highest BCUT2D eigenvalue weighted by molar-refractivity contribution is 5.91. The Balaban J connectivity index is 0.982. The number of hydrogen-bond acceptors (Lipinski definition) is 8. The third kappa shape index (κ3) is 10.3. The van der Waals surface area contributed by atoms with Gasteiger partial charge in [0.15, 0.2) is 0 Å². The Morgan fingerprint density at radius 3 is 2.22 bits per heavy atom. The number of pyridine rings is 1. The van der Waals surface area contributed by atoms with E-state index < -0.39 is 22.9 Å². The normalized spacial score (nSPS) is 19.0. The van der Waals surface area contributed by atoms with Crippen LogP contribution in [-0.2, 0) is 22.1 Å². The number of nitrogens with one attached hydrogen (secondary N) is 1. The van der Waals surface area contributed by atoms with E-state index in [4.69, 9.17) is 10.00 Å². The Labute approximate surface area is 287 Å². The van der Waals surface area contributed by atoms with E-state index in [0.29, 0.717) is 56.4 Å². The molecule has 1 aromatic carbocycles. The summed E-state index contributed by atoms with van der Waals surface area (Å²) >= 11 is 0. The molecule has 5 rings (SSSR count). The van der Waals surface area contributed by atoms with E-state index >= 15 is 0 Å². The lowest BCUT2D eigenvalue weighted by molar-refractivity contribution is -0.137. The lowest BCUT2D eigenvalue weighted by Crippen LogP contribution is -2.51. The number of rotatable bonds is 8. The fourth-order valence-corrected chi connectivity index (χ4v) is 6.82. The molecule has 266 valence electrons. The Hall–Kier alpha value is -3.89. The molecule has 3 aliphatic rings. The molecule has 13 heteroatoms. The molecule has 0 bridgehead atoms. The standard InChI is InChI=1S/C36H48F3N7O3/c1-35(2,3)49-34(48)46-20-18-44(19-21-46)25-27-9-14-43(15-10-27)13-8-26-4-7-32(41-24-26)42-33(47)28-11-16-45(17-12-28)30-6-5-29(23-40)31(22-30)36(37,38)39/h4-7,22,24,27-28H,8-21,25H2,1-3H3,(H,41,42,47). The third-order valence-corrected chi connectivity index (χ3v) is 9.70. The van der Waals surface area contributed by atoms with Crippen LogP contribution in [0.4, 0.5) is 29.5 Å². The largest absolute Gasteiger partial charge is 0.444 e. The lowest BCUT2D eigenvalue weighted by atomic mass is 9.95. The van der Waals surface area contributed by atoms with Gasteiger partial charge in [-0.05, 0) is 102 Å². The number of benzene rings is 1. The van der Waals surface area contributed by atoms with Crippen molar-refractivity contribution < 1.29 is 27.5 Å². The minimum absolute atomic E-state index is 0.136. The average molecular weight is 684 g/mol. The van der Waals surface area contributed by atoms with Crippen LogP contribution >= 0.6 is 0 Å². The van der Waals surface area contributed by atoms with Crippen LogP contribution in [0.3, 0.4) is 0 Å². The van der Waals surface area contributed by atoms with Crippen molar-refractivity contribution in [1.29, 1.82) is 5.26 Å². The Bertz CT molecular complexity index is 1460. The zero-order valence-corrected chi connectivity index (χ0v) is 28.8. The summed E-state index contributed by atoms with van der Waals surface area (Å²) in [6.45, 7) is 13.9. The van der Waals surface area contributed by atoms with E-state index in [0.717, 1.165) is 70.2 Å². The monoisotopic (exact) mass is 683 g/mol. The van der Waals surface area contributed by atoms with Crippen molar-refractivity contribution in [3.05, 3.63) is 53.2 Å². The number of amides is 2. The molecular formula is C36H48F3N7O3. The summed E-state index contributed by atoms with van der Waals surface area (Å²) < 4.78 is 45.7. The molecule has 4 heterocycles. The number of hydrogen-bond donors (Lipinski definition) is 1. The van der Waals surface area contributed by atoms with E-state index in [9.17, 15) is 22.8 Å². The van der Waals surface area contributed by atoms with Gasteiger partial charge in [0.25, 0.3) is 0 Å². The first-order valence-electron chi connectivity index (χ1n) is 17.3. The average Bonchev–Trinajstić information content (AvgIpc) is 3.07. The smallest absolute Gasteiger partial charge is 0.417 e. The van der Waals surface area contributed by atoms with Crippen LogP contribution in [0.2, 0.25) is 0 Å². The number of piperidine rings is 2. The molecule has 10 nitrogen and oxygen atoms in total. The molecule has 3 fully saturated rings. The molecule has 2 aromatic rings. The van der Waals surface area contributed by atoms with Crippen molar-refractivity contribution in [2.45, 2.75) is 64.7 Å². The summed E-state index contributed by atoms with van der Waals surface area (Å²) in [7, 11) is 0. The molecule has 3 aliphatic heterocycles. The van der Waals surface area contributed by atoms with Gasteiger partial charge in [-0.25, -0.2) is 9.78 Å². The fourth-order valence-electron chi connectivity index (χ4n) is 6.82. The van der Waals surface area contributed by atoms with Crippen molar-refractivity contribution in [2.24, 2.45) is 11.8 Å². The van der Waals surface area contributed by atoms with Gasteiger partial charge in [-0.3, -0.25) is 9.69 Å². The van der Waals surface area contributed by atoms with Crippen LogP contribution < -0.4 is 10.2 Å². The number of piperazine rings is 1. The van der Waals surface area contributed by atoms with Crippen molar-refractivity contribution in [1.82, 2.24) is 19.7 Å². The van der Waals surface area contributed by atoms with Crippen LogP contribution in [0, 0.1) is 23.2 Å². The van der Waals surface area contributed by atoms with E-state index in [1.165, 1.54) is 12.1 Å². The van der Waals surface area contributed by atoms with Crippen molar-refractivity contribution in [3.8, 4) is 6.07 Å². The van der Waals surface area contributed by atoms with Crippen molar-refractivity contribution in [3.63, 3.8) is 0 Å². The maximum absolute atomic E-state index is 13.4. The van der Waals surface area contributed by atoms with Crippen LogP contribution in [0.15, 0.2) is 36.5 Å². The van der Waals surface area contributed by atoms with Gasteiger partial charge < -0.3 is 24.8 Å². The van der Waals surface area contributed by atoms with Crippen LogP contribution in [0.25, 0.3) is 0 Å². The second-order valence-electron chi connectivity index (χ2n) is 14.4. The molecule has 0 radical (unpaired) electrons. The predicted octanol–water partition coefficient (Wildman–Crippen LogP) is 5.63. The topological polar surface area (TPSA) is 105 Å².